The first-order valence-electron chi connectivity index (χ1n) is 12.9. The molecular formula is C31H33BrN2O4. The Labute approximate surface area is 232 Å². The molecule has 198 valence electrons. The molecule has 1 unspecified atom stereocenters. The van der Waals surface area contributed by atoms with Gasteiger partial charge in [-0.2, -0.15) is 0 Å². The molecule has 6 nitrogen and oxygen atoms in total. The van der Waals surface area contributed by atoms with Crippen molar-refractivity contribution in [3.8, 4) is 5.75 Å². The summed E-state index contributed by atoms with van der Waals surface area (Å²) in [7, 11) is 0. The van der Waals surface area contributed by atoms with Crippen molar-refractivity contribution in [2.45, 2.75) is 33.4 Å². The number of carbonyl (C=O) groups is 2. The summed E-state index contributed by atoms with van der Waals surface area (Å²) in [5.74, 6) is -0.816. The van der Waals surface area contributed by atoms with Crippen LogP contribution in [-0.4, -0.2) is 52.8 Å². The molecule has 1 N–H and O–H groups in total. The van der Waals surface area contributed by atoms with Crippen LogP contribution >= 0.6 is 15.9 Å². The highest BCUT2D eigenvalue weighted by Crippen LogP contribution is 2.40. The summed E-state index contributed by atoms with van der Waals surface area (Å²) in [6, 6.07) is 21.9. The van der Waals surface area contributed by atoms with E-state index in [2.05, 4.69) is 40.7 Å². The summed E-state index contributed by atoms with van der Waals surface area (Å²) >= 11 is 3.50. The number of halogens is 1. The average molecular weight is 578 g/mol. The van der Waals surface area contributed by atoms with Gasteiger partial charge in [0.1, 0.15) is 18.1 Å². The van der Waals surface area contributed by atoms with Crippen LogP contribution in [0.5, 0.6) is 5.75 Å². The van der Waals surface area contributed by atoms with Crippen LogP contribution in [0.3, 0.4) is 0 Å². The number of nitrogens with zero attached hydrogens (tertiary/aromatic N) is 2. The van der Waals surface area contributed by atoms with Crippen LogP contribution in [0.25, 0.3) is 5.76 Å². The molecule has 4 rings (SSSR count). The van der Waals surface area contributed by atoms with Crippen LogP contribution in [0.4, 0.5) is 0 Å². The Bertz CT molecular complexity index is 1330. The molecule has 0 bridgehead atoms. The van der Waals surface area contributed by atoms with Crippen LogP contribution in [0.1, 0.15) is 42.1 Å². The molecule has 7 heteroatoms. The van der Waals surface area contributed by atoms with Gasteiger partial charge in [-0.3, -0.25) is 9.59 Å². The second kappa shape index (κ2) is 12.4. The molecule has 1 atom stereocenters. The third kappa shape index (κ3) is 6.17. The lowest BCUT2D eigenvalue weighted by molar-refractivity contribution is -0.140. The van der Waals surface area contributed by atoms with Gasteiger partial charge in [-0.05, 0) is 67.5 Å². The van der Waals surface area contributed by atoms with Gasteiger partial charge in [-0.25, -0.2) is 0 Å². The summed E-state index contributed by atoms with van der Waals surface area (Å²) in [5.41, 5.74) is 3.55. The van der Waals surface area contributed by atoms with E-state index in [0.29, 0.717) is 31.0 Å². The topological polar surface area (TPSA) is 70.1 Å². The van der Waals surface area contributed by atoms with Crippen molar-refractivity contribution in [1.29, 1.82) is 0 Å². The van der Waals surface area contributed by atoms with Gasteiger partial charge < -0.3 is 19.6 Å². The lowest BCUT2D eigenvalue weighted by Crippen LogP contribution is -2.38. The zero-order valence-electron chi connectivity index (χ0n) is 22.0. The van der Waals surface area contributed by atoms with Gasteiger partial charge in [0.15, 0.2) is 0 Å². The lowest BCUT2D eigenvalue weighted by atomic mass is 9.95. The minimum atomic E-state index is -0.680. The molecule has 38 heavy (non-hydrogen) atoms. The second-order valence-corrected chi connectivity index (χ2v) is 10.3. The van der Waals surface area contributed by atoms with Gasteiger partial charge in [0.2, 0.25) is 0 Å². The maximum absolute atomic E-state index is 13.3. The summed E-state index contributed by atoms with van der Waals surface area (Å²) in [5, 5.41) is 11.3. The van der Waals surface area contributed by atoms with Crippen molar-refractivity contribution in [2.24, 2.45) is 0 Å². The number of amides is 1. The number of aliphatic hydroxyl groups is 1. The van der Waals surface area contributed by atoms with Gasteiger partial charge in [0.05, 0.1) is 11.6 Å². The predicted octanol–water partition coefficient (Wildman–Crippen LogP) is 6.10. The Kier molecular flexibility index (Phi) is 9.02. The molecule has 0 saturated carbocycles. The summed E-state index contributed by atoms with van der Waals surface area (Å²) in [4.78, 5) is 30.2. The first-order chi connectivity index (χ1) is 18.3. The molecule has 0 radical (unpaired) electrons. The Morgan fingerprint density at radius 1 is 1.00 bits per heavy atom. The highest BCUT2D eigenvalue weighted by Gasteiger charge is 2.46. The van der Waals surface area contributed by atoms with Crippen molar-refractivity contribution >= 4 is 33.4 Å². The van der Waals surface area contributed by atoms with Gasteiger partial charge >= 0.3 is 0 Å². The molecule has 0 aliphatic carbocycles. The molecule has 1 fully saturated rings. The first kappa shape index (κ1) is 27.6. The van der Waals surface area contributed by atoms with Crippen LogP contribution in [-0.2, 0) is 16.2 Å². The van der Waals surface area contributed by atoms with E-state index in [1.54, 1.807) is 29.2 Å². The number of ketones is 1. The fourth-order valence-electron chi connectivity index (χ4n) is 4.76. The standard InChI is InChI=1S/C31H33BrN2O4/c1-4-33(5-2)16-17-34-28(24-10-7-11-25(32)19-24)27(30(36)31(34)37)29(35)23-12-14-26(15-13-23)38-20-22-9-6-8-21(3)18-22/h6-15,18-19,28,35H,4-5,16-17,20H2,1-3H3/b29-27+. The molecule has 0 aromatic heterocycles. The summed E-state index contributed by atoms with van der Waals surface area (Å²) in [6.07, 6.45) is 0. The van der Waals surface area contributed by atoms with Crippen molar-refractivity contribution in [3.05, 3.63) is 105 Å². The number of likely N-dealkylation sites (N-methyl/N-ethyl adjacent to an activating group) is 1. The Balaban J connectivity index is 1.64. The van der Waals surface area contributed by atoms with E-state index in [1.165, 1.54) is 5.56 Å². The fraction of sp³-hybridized carbons (Fsp3) is 0.290. The van der Waals surface area contributed by atoms with Gasteiger partial charge in [-0.1, -0.05) is 71.7 Å². The van der Waals surface area contributed by atoms with Crippen molar-refractivity contribution in [2.75, 3.05) is 26.2 Å². The quantitative estimate of drug-likeness (QED) is 0.179. The maximum atomic E-state index is 13.3. The molecule has 3 aromatic rings. The Morgan fingerprint density at radius 3 is 2.37 bits per heavy atom. The van der Waals surface area contributed by atoms with Crippen LogP contribution < -0.4 is 4.74 Å². The van der Waals surface area contributed by atoms with Crippen molar-refractivity contribution in [3.63, 3.8) is 0 Å². The van der Waals surface area contributed by atoms with Crippen molar-refractivity contribution < 1.29 is 19.4 Å². The molecule has 1 aliphatic rings. The minimum absolute atomic E-state index is 0.0982. The molecular weight excluding hydrogens is 544 g/mol. The number of benzene rings is 3. The number of hydrogen-bond acceptors (Lipinski definition) is 5. The smallest absolute Gasteiger partial charge is 0.295 e. The van der Waals surface area contributed by atoms with Crippen LogP contribution in [0.15, 0.2) is 82.8 Å². The van der Waals surface area contributed by atoms with Crippen LogP contribution in [0.2, 0.25) is 0 Å². The number of hydrogen-bond donors (Lipinski definition) is 1. The van der Waals surface area contributed by atoms with Gasteiger partial charge in [0, 0.05) is 23.1 Å². The van der Waals surface area contributed by atoms with E-state index in [-0.39, 0.29) is 11.3 Å². The predicted molar refractivity (Wildman–Crippen MR) is 153 cm³/mol. The number of ether oxygens (including phenoxy) is 1. The van der Waals surface area contributed by atoms with E-state index < -0.39 is 17.7 Å². The van der Waals surface area contributed by atoms with E-state index >= 15 is 0 Å². The number of aryl methyl sites for hydroxylation is 1. The zero-order chi connectivity index (χ0) is 27.2. The SMILES string of the molecule is CCN(CC)CCN1C(=O)C(=O)/C(=C(/O)c2ccc(OCc3cccc(C)c3)cc2)C1c1cccc(Br)c1. The first-order valence-corrected chi connectivity index (χ1v) is 13.7. The summed E-state index contributed by atoms with van der Waals surface area (Å²) in [6.45, 7) is 9.31. The number of rotatable bonds is 10. The zero-order valence-corrected chi connectivity index (χ0v) is 23.6. The molecule has 1 aliphatic heterocycles. The fourth-order valence-corrected chi connectivity index (χ4v) is 5.17. The normalized spacial score (nSPS) is 16.9. The third-order valence-electron chi connectivity index (χ3n) is 6.87. The molecule has 1 saturated heterocycles. The monoisotopic (exact) mass is 576 g/mol. The van der Waals surface area contributed by atoms with E-state index in [4.69, 9.17) is 4.74 Å². The third-order valence-corrected chi connectivity index (χ3v) is 7.36. The highest BCUT2D eigenvalue weighted by atomic mass is 79.9. The number of carbonyl (C=O) groups excluding carboxylic acids is 2. The van der Waals surface area contributed by atoms with Crippen LogP contribution in [0, 0.1) is 6.92 Å². The maximum Gasteiger partial charge on any atom is 0.295 e. The van der Waals surface area contributed by atoms with Gasteiger partial charge in [0.25, 0.3) is 11.7 Å². The number of aliphatic hydroxyl groups excluding tert-OH is 1. The molecule has 1 amide bonds. The number of likely N-dealkylation sites (tertiary alicyclic amines) is 1. The molecule has 3 aromatic carbocycles. The van der Waals surface area contributed by atoms with E-state index in [9.17, 15) is 14.7 Å². The second-order valence-electron chi connectivity index (χ2n) is 9.38. The Hall–Kier alpha value is -3.42. The Morgan fingerprint density at radius 2 is 1.71 bits per heavy atom. The number of Topliss-reactive ketones (excluding diaryl/α,β-unsaturated/α-hetero) is 1. The highest BCUT2D eigenvalue weighted by molar-refractivity contribution is 9.10. The van der Waals surface area contributed by atoms with Crippen molar-refractivity contribution in [1.82, 2.24) is 9.80 Å². The summed E-state index contributed by atoms with van der Waals surface area (Å²) < 4.78 is 6.74. The van der Waals surface area contributed by atoms with E-state index in [0.717, 1.165) is 28.7 Å². The molecule has 0 spiro atoms. The average Bonchev–Trinajstić information content (AvgIpc) is 3.17. The van der Waals surface area contributed by atoms with Gasteiger partial charge in [-0.15, -0.1) is 0 Å². The largest absolute Gasteiger partial charge is 0.507 e. The minimum Gasteiger partial charge on any atom is -0.507 e. The lowest BCUT2D eigenvalue weighted by Gasteiger charge is -2.28. The van der Waals surface area contributed by atoms with E-state index in [1.807, 2.05) is 49.4 Å². The molecule has 1 heterocycles.